The van der Waals surface area contributed by atoms with Gasteiger partial charge in [0.25, 0.3) is 0 Å². The quantitative estimate of drug-likeness (QED) is 0.862. The van der Waals surface area contributed by atoms with Crippen LogP contribution in [0.4, 0.5) is 4.79 Å². The maximum Gasteiger partial charge on any atom is 0.407 e. The van der Waals surface area contributed by atoms with Crippen LogP contribution < -0.4 is 5.32 Å². The van der Waals surface area contributed by atoms with E-state index < -0.39 is 0 Å². The van der Waals surface area contributed by atoms with Crippen LogP contribution in [-0.4, -0.2) is 42.8 Å². The summed E-state index contributed by atoms with van der Waals surface area (Å²) < 4.78 is 5.53. The molecule has 0 unspecified atom stereocenters. The van der Waals surface area contributed by atoms with E-state index in [1.54, 1.807) is 0 Å². The highest BCUT2D eigenvalue weighted by Gasteiger charge is 2.46. The molecule has 0 radical (unpaired) electrons. The van der Waals surface area contributed by atoms with Crippen molar-refractivity contribution in [3.63, 3.8) is 0 Å². The largest absolute Gasteiger partial charge is 0.446 e. The molecule has 1 heterocycles. The van der Waals surface area contributed by atoms with Crippen molar-refractivity contribution in [1.82, 2.24) is 10.2 Å². The predicted molar refractivity (Wildman–Crippen MR) is 103 cm³/mol. The number of hydrogen-bond acceptors (Lipinski definition) is 3. The number of hydrogen-bond donors (Lipinski definition) is 1. The first-order valence-corrected chi connectivity index (χ1v) is 10.4. The molecule has 1 spiro atoms. The van der Waals surface area contributed by atoms with Gasteiger partial charge in [0, 0.05) is 12.6 Å². The number of benzene rings is 1. The number of rotatable bonds is 5. The number of ether oxygens (including phenoxy) is 1. The van der Waals surface area contributed by atoms with Crippen LogP contribution in [0.2, 0.25) is 0 Å². The lowest BCUT2D eigenvalue weighted by molar-refractivity contribution is 0.00350. The molecule has 142 valence electrons. The molecule has 1 amide bonds. The number of piperidine rings is 1. The molecule has 3 fully saturated rings. The number of carbonyl (C=O) groups is 1. The fourth-order valence-electron chi connectivity index (χ4n) is 5.04. The minimum atomic E-state index is -0.183. The van der Waals surface area contributed by atoms with Crippen molar-refractivity contribution in [2.24, 2.45) is 5.41 Å². The van der Waals surface area contributed by atoms with Crippen LogP contribution >= 0.6 is 0 Å². The highest BCUT2D eigenvalue weighted by molar-refractivity contribution is 5.68. The Kier molecular flexibility index (Phi) is 5.49. The minimum Gasteiger partial charge on any atom is -0.446 e. The van der Waals surface area contributed by atoms with Gasteiger partial charge in [-0.25, -0.2) is 4.79 Å². The zero-order chi connectivity index (χ0) is 17.8. The summed E-state index contributed by atoms with van der Waals surface area (Å²) in [6.45, 7) is 3.56. The van der Waals surface area contributed by atoms with E-state index in [0.29, 0.717) is 11.5 Å². The summed E-state index contributed by atoms with van der Waals surface area (Å²) in [6, 6.07) is 11.1. The number of amides is 1. The number of carbonyl (C=O) groups excluding carboxylic acids is 1. The summed E-state index contributed by atoms with van der Waals surface area (Å²) in [5.74, 6) is 0. The second-order valence-corrected chi connectivity index (χ2v) is 8.64. The smallest absolute Gasteiger partial charge is 0.407 e. The van der Waals surface area contributed by atoms with E-state index in [9.17, 15) is 4.79 Å². The van der Waals surface area contributed by atoms with Crippen molar-refractivity contribution in [2.75, 3.05) is 19.6 Å². The third-order valence-corrected chi connectivity index (χ3v) is 6.73. The Hall–Kier alpha value is -1.55. The number of nitrogens with zero attached hydrogens (tertiary/aromatic N) is 1. The molecular formula is C22H32N2O2. The lowest BCUT2D eigenvalue weighted by Gasteiger charge is -2.52. The van der Waals surface area contributed by atoms with Gasteiger partial charge in [-0.2, -0.15) is 0 Å². The van der Waals surface area contributed by atoms with Crippen molar-refractivity contribution in [3.8, 4) is 0 Å². The molecule has 1 saturated heterocycles. The zero-order valence-electron chi connectivity index (χ0n) is 15.8. The standard InChI is InChI=1S/C22H32N2O2/c25-21(26-20-8-4-5-9-20)23-19-16-22(17-19)11-14-24(15-12-22)13-10-18-6-2-1-3-7-18/h1-3,6-7,19-20H,4-5,8-17H2,(H,23,25). The molecule has 0 atom stereocenters. The van der Waals surface area contributed by atoms with Crippen LogP contribution in [0.5, 0.6) is 0 Å². The lowest BCUT2D eigenvalue weighted by Crippen LogP contribution is -2.55. The molecule has 0 aromatic heterocycles. The second kappa shape index (κ2) is 7.99. The van der Waals surface area contributed by atoms with Crippen LogP contribution in [0, 0.1) is 5.41 Å². The Morgan fingerprint density at radius 1 is 1.12 bits per heavy atom. The fraction of sp³-hybridized carbons (Fsp3) is 0.682. The molecule has 4 heteroatoms. The van der Waals surface area contributed by atoms with Crippen molar-refractivity contribution >= 4 is 6.09 Å². The fourth-order valence-corrected chi connectivity index (χ4v) is 5.04. The van der Waals surface area contributed by atoms with Crippen LogP contribution in [0.15, 0.2) is 30.3 Å². The average molecular weight is 357 g/mol. The first-order chi connectivity index (χ1) is 12.7. The van der Waals surface area contributed by atoms with Crippen LogP contribution in [-0.2, 0) is 11.2 Å². The normalized spacial score (nSPS) is 23.7. The van der Waals surface area contributed by atoms with Crippen molar-refractivity contribution in [1.29, 1.82) is 0 Å². The van der Waals surface area contributed by atoms with E-state index in [0.717, 1.165) is 38.6 Å². The van der Waals surface area contributed by atoms with Gasteiger partial charge in [-0.1, -0.05) is 30.3 Å². The monoisotopic (exact) mass is 356 g/mol. The van der Waals surface area contributed by atoms with Crippen LogP contribution in [0.1, 0.15) is 56.9 Å². The molecule has 1 N–H and O–H groups in total. The van der Waals surface area contributed by atoms with E-state index in [4.69, 9.17) is 4.74 Å². The van der Waals surface area contributed by atoms with Gasteiger partial charge in [0.1, 0.15) is 6.10 Å². The van der Waals surface area contributed by atoms with E-state index in [-0.39, 0.29) is 12.2 Å². The van der Waals surface area contributed by atoms with Gasteiger partial charge < -0.3 is 15.0 Å². The van der Waals surface area contributed by atoms with Gasteiger partial charge in [-0.15, -0.1) is 0 Å². The van der Waals surface area contributed by atoms with Gasteiger partial charge in [0.15, 0.2) is 0 Å². The molecule has 1 aromatic rings. The molecule has 3 aliphatic rings. The molecule has 4 rings (SSSR count). The molecule has 4 nitrogen and oxygen atoms in total. The molecule has 0 bridgehead atoms. The molecule has 2 saturated carbocycles. The Balaban J connectivity index is 1.13. The molecular weight excluding hydrogens is 324 g/mol. The van der Waals surface area contributed by atoms with E-state index >= 15 is 0 Å². The number of nitrogens with one attached hydrogen (secondary N) is 1. The van der Waals surface area contributed by atoms with E-state index in [1.807, 2.05) is 0 Å². The second-order valence-electron chi connectivity index (χ2n) is 8.64. The Labute approximate surface area is 157 Å². The van der Waals surface area contributed by atoms with Crippen LogP contribution in [0.25, 0.3) is 0 Å². The summed E-state index contributed by atoms with van der Waals surface area (Å²) in [7, 11) is 0. The van der Waals surface area contributed by atoms with Gasteiger partial charge in [0.05, 0.1) is 0 Å². The topological polar surface area (TPSA) is 41.6 Å². The summed E-state index contributed by atoms with van der Waals surface area (Å²) in [5.41, 5.74) is 1.91. The van der Waals surface area contributed by atoms with Crippen molar-refractivity contribution in [2.45, 2.75) is 69.9 Å². The maximum absolute atomic E-state index is 12.0. The Morgan fingerprint density at radius 2 is 1.81 bits per heavy atom. The third kappa shape index (κ3) is 4.40. The van der Waals surface area contributed by atoms with E-state index in [1.165, 1.54) is 44.3 Å². The average Bonchev–Trinajstić information content (AvgIpc) is 3.13. The Morgan fingerprint density at radius 3 is 2.50 bits per heavy atom. The molecule has 1 aromatic carbocycles. The number of likely N-dealkylation sites (tertiary alicyclic amines) is 1. The first kappa shape index (κ1) is 17.8. The van der Waals surface area contributed by atoms with Crippen LogP contribution in [0.3, 0.4) is 0 Å². The van der Waals surface area contributed by atoms with Gasteiger partial charge in [0.2, 0.25) is 0 Å². The predicted octanol–water partition coefficient (Wildman–Crippen LogP) is 4.14. The summed E-state index contributed by atoms with van der Waals surface area (Å²) in [6.07, 6.45) is 10.4. The summed E-state index contributed by atoms with van der Waals surface area (Å²) in [4.78, 5) is 14.6. The van der Waals surface area contributed by atoms with Crippen molar-refractivity contribution in [3.05, 3.63) is 35.9 Å². The maximum atomic E-state index is 12.0. The number of alkyl carbamates (subject to hydrolysis) is 1. The summed E-state index contributed by atoms with van der Waals surface area (Å²) >= 11 is 0. The zero-order valence-corrected chi connectivity index (χ0v) is 15.8. The highest BCUT2D eigenvalue weighted by Crippen LogP contribution is 2.49. The van der Waals surface area contributed by atoms with Crippen molar-refractivity contribution < 1.29 is 9.53 Å². The third-order valence-electron chi connectivity index (χ3n) is 6.73. The lowest BCUT2D eigenvalue weighted by atomic mass is 9.60. The molecule has 26 heavy (non-hydrogen) atoms. The van der Waals surface area contributed by atoms with Gasteiger partial charge >= 0.3 is 6.09 Å². The van der Waals surface area contributed by atoms with Gasteiger partial charge in [-0.3, -0.25) is 0 Å². The Bertz CT molecular complexity index is 581. The highest BCUT2D eigenvalue weighted by atomic mass is 16.6. The van der Waals surface area contributed by atoms with Gasteiger partial charge in [-0.05, 0) is 81.9 Å². The molecule has 1 aliphatic heterocycles. The van der Waals surface area contributed by atoms with E-state index in [2.05, 4.69) is 40.5 Å². The SMILES string of the molecule is O=C(NC1CC2(CCN(CCc3ccccc3)CC2)C1)OC1CCCC1. The molecule has 2 aliphatic carbocycles. The first-order valence-electron chi connectivity index (χ1n) is 10.4. The summed E-state index contributed by atoms with van der Waals surface area (Å²) in [5, 5.41) is 3.10. The minimum absolute atomic E-state index is 0.164.